The Morgan fingerprint density at radius 3 is 2.29 bits per heavy atom. The molecule has 3 aromatic rings. The van der Waals surface area contributed by atoms with E-state index in [2.05, 4.69) is 32.0 Å². The lowest BCUT2D eigenvalue weighted by Gasteiger charge is -2.29. The fourth-order valence-corrected chi connectivity index (χ4v) is 3.42. The number of ether oxygens (including phenoxy) is 4. The molecule has 1 unspecified atom stereocenters. The summed E-state index contributed by atoms with van der Waals surface area (Å²) in [6, 6.07) is 24.0. The fraction of sp³-hybridized carbons (Fsp3) is 0.333. The van der Waals surface area contributed by atoms with E-state index in [-0.39, 0.29) is 5.41 Å². The fourth-order valence-electron chi connectivity index (χ4n) is 3.42. The Morgan fingerprint density at radius 1 is 0.806 bits per heavy atom. The van der Waals surface area contributed by atoms with Crippen molar-refractivity contribution in [3.63, 3.8) is 0 Å². The Hall–Kier alpha value is -2.98. The lowest BCUT2D eigenvalue weighted by atomic mass is 9.80. The van der Waals surface area contributed by atoms with Gasteiger partial charge in [0.25, 0.3) is 0 Å². The molecule has 3 aromatic carbocycles. The van der Waals surface area contributed by atoms with Gasteiger partial charge >= 0.3 is 0 Å². The average molecular weight is 421 g/mol. The first-order valence-electron chi connectivity index (χ1n) is 10.8. The summed E-state index contributed by atoms with van der Waals surface area (Å²) in [6.07, 6.45) is 0.946. The summed E-state index contributed by atoms with van der Waals surface area (Å²) < 4.78 is 23.3. The Bertz CT molecular complexity index is 954. The summed E-state index contributed by atoms with van der Waals surface area (Å²) in [5, 5.41) is 0. The second-order valence-electron chi connectivity index (χ2n) is 7.77. The van der Waals surface area contributed by atoms with Crippen LogP contribution < -0.4 is 14.2 Å². The van der Waals surface area contributed by atoms with Gasteiger partial charge in [-0.2, -0.15) is 0 Å². The van der Waals surface area contributed by atoms with Crippen LogP contribution in [0.1, 0.15) is 38.3 Å². The van der Waals surface area contributed by atoms with Crippen molar-refractivity contribution in [2.75, 3.05) is 20.3 Å². The third kappa shape index (κ3) is 6.02. The Balaban J connectivity index is 1.65. The van der Waals surface area contributed by atoms with E-state index in [9.17, 15) is 0 Å². The molecule has 0 aliphatic carbocycles. The number of rotatable bonds is 11. The molecule has 164 valence electrons. The summed E-state index contributed by atoms with van der Waals surface area (Å²) in [6.45, 7) is 8.10. The maximum absolute atomic E-state index is 6.16. The van der Waals surface area contributed by atoms with Gasteiger partial charge in [-0.15, -0.1) is 0 Å². The Kier molecular flexibility index (Phi) is 7.96. The number of hydrogen-bond donors (Lipinski definition) is 0. The van der Waals surface area contributed by atoms with Gasteiger partial charge in [-0.25, -0.2) is 0 Å². The minimum absolute atomic E-state index is 0.129. The molecule has 0 aliphatic heterocycles. The zero-order valence-electron chi connectivity index (χ0n) is 18.9. The lowest BCUT2D eigenvalue weighted by molar-refractivity contribution is 0.0746. The standard InChI is InChI=1S/C27H32O4/c1-5-27(3,22-15-16-25(30-6-2)26(18-22)28-4)20-29-19-21-11-10-14-24(17-21)31-23-12-8-7-9-13-23/h7-18H,5-6,19-20H2,1-4H3. The largest absolute Gasteiger partial charge is 0.493 e. The predicted octanol–water partition coefficient (Wildman–Crippen LogP) is 6.77. The first-order valence-corrected chi connectivity index (χ1v) is 10.8. The van der Waals surface area contributed by atoms with Crippen LogP contribution in [0.15, 0.2) is 72.8 Å². The Labute approximate surface area is 185 Å². The molecule has 4 heteroatoms. The average Bonchev–Trinajstić information content (AvgIpc) is 2.80. The maximum atomic E-state index is 6.16. The van der Waals surface area contributed by atoms with Crippen LogP contribution in [0.25, 0.3) is 0 Å². The molecule has 0 heterocycles. The van der Waals surface area contributed by atoms with Crippen molar-refractivity contribution in [3.8, 4) is 23.0 Å². The van der Waals surface area contributed by atoms with Crippen molar-refractivity contribution in [3.05, 3.63) is 83.9 Å². The van der Waals surface area contributed by atoms with Crippen LogP contribution in [-0.4, -0.2) is 20.3 Å². The highest BCUT2D eigenvalue weighted by atomic mass is 16.5. The molecule has 0 aliphatic rings. The third-order valence-corrected chi connectivity index (χ3v) is 5.51. The molecule has 4 nitrogen and oxygen atoms in total. The molecular weight excluding hydrogens is 388 g/mol. The molecule has 0 saturated heterocycles. The van der Waals surface area contributed by atoms with Crippen molar-refractivity contribution in [1.29, 1.82) is 0 Å². The van der Waals surface area contributed by atoms with Crippen LogP contribution in [0.4, 0.5) is 0 Å². The second-order valence-corrected chi connectivity index (χ2v) is 7.77. The summed E-state index contributed by atoms with van der Waals surface area (Å²) in [4.78, 5) is 0. The zero-order chi connectivity index (χ0) is 22.1. The van der Waals surface area contributed by atoms with E-state index < -0.39 is 0 Å². The molecule has 31 heavy (non-hydrogen) atoms. The van der Waals surface area contributed by atoms with Crippen LogP contribution in [0.2, 0.25) is 0 Å². The monoisotopic (exact) mass is 420 g/mol. The Morgan fingerprint density at radius 2 is 1.58 bits per heavy atom. The maximum Gasteiger partial charge on any atom is 0.161 e. The lowest BCUT2D eigenvalue weighted by Crippen LogP contribution is -2.27. The van der Waals surface area contributed by atoms with Gasteiger partial charge in [-0.1, -0.05) is 50.2 Å². The van der Waals surface area contributed by atoms with Gasteiger partial charge in [0.05, 0.1) is 26.9 Å². The van der Waals surface area contributed by atoms with Crippen molar-refractivity contribution < 1.29 is 18.9 Å². The van der Waals surface area contributed by atoms with Crippen LogP contribution >= 0.6 is 0 Å². The third-order valence-electron chi connectivity index (χ3n) is 5.51. The van der Waals surface area contributed by atoms with E-state index in [4.69, 9.17) is 18.9 Å². The quantitative estimate of drug-likeness (QED) is 0.343. The van der Waals surface area contributed by atoms with Gasteiger partial charge in [0.1, 0.15) is 11.5 Å². The molecular formula is C27H32O4. The SMILES string of the molecule is CCOc1ccc(C(C)(CC)COCc2cccc(Oc3ccccc3)c2)cc1OC. The molecule has 1 atom stereocenters. The minimum atomic E-state index is -0.129. The second kappa shape index (κ2) is 10.9. The predicted molar refractivity (Wildman–Crippen MR) is 124 cm³/mol. The molecule has 0 amide bonds. The molecule has 0 radical (unpaired) electrons. The molecule has 3 rings (SSSR count). The smallest absolute Gasteiger partial charge is 0.161 e. The summed E-state index contributed by atoms with van der Waals surface area (Å²) in [7, 11) is 1.67. The van der Waals surface area contributed by atoms with Crippen molar-refractivity contribution in [1.82, 2.24) is 0 Å². The van der Waals surface area contributed by atoms with E-state index in [0.717, 1.165) is 35.0 Å². The molecule has 0 bridgehead atoms. The number of methoxy groups -OCH3 is 1. The van der Waals surface area contributed by atoms with Gasteiger partial charge in [0.2, 0.25) is 0 Å². The van der Waals surface area contributed by atoms with E-state index in [1.807, 2.05) is 61.5 Å². The normalized spacial score (nSPS) is 12.8. The highest BCUT2D eigenvalue weighted by Gasteiger charge is 2.26. The van der Waals surface area contributed by atoms with Gasteiger partial charge in [-0.05, 0) is 60.9 Å². The number of benzene rings is 3. The zero-order valence-corrected chi connectivity index (χ0v) is 18.9. The van der Waals surface area contributed by atoms with Crippen molar-refractivity contribution in [2.45, 2.75) is 39.2 Å². The van der Waals surface area contributed by atoms with Crippen LogP contribution in [0, 0.1) is 0 Å². The topological polar surface area (TPSA) is 36.9 Å². The van der Waals surface area contributed by atoms with Gasteiger partial charge in [0, 0.05) is 5.41 Å². The van der Waals surface area contributed by atoms with E-state index in [1.165, 1.54) is 5.56 Å². The number of hydrogen-bond acceptors (Lipinski definition) is 4. The first-order chi connectivity index (χ1) is 15.1. The first kappa shape index (κ1) is 22.7. The summed E-state index contributed by atoms with van der Waals surface area (Å²) in [5.74, 6) is 3.15. The summed E-state index contributed by atoms with van der Waals surface area (Å²) >= 11 is 0. The van der Waals surface area contributed by atoms with E-state index in [0.29, 0.717) is 19.8 Å². The van der Waals surface area contributed by atoms with Gasteiger partial charge in [-0.3, -0.25) is 0 Å². The highest BCUT2D eigenvalue weighted by Crippen LogP contribution is 2.35. The van der Waals surface area contributed by atoms with Crippen LogP contribution in [0.5, 0.6) is 23.0 Å². The molecule has 0 saturated carbocycles. The molecule has 0 aromatic heterocycles. The molecule has 0 fully saturated rings. The summed E-state index contributed by atoms with van der Waals surface area (Å²) in [5.41, 5.74) is 2.13. The minimum Gasteiger partial charge on any atom is -0.493 e. The molecule has 0 spiro atoms. The van der Waals surface area contributed by atoms with Crippen LogP contribution in [-0.2, 0) is 16.8 Å². The highest BCUT2D eigenvalue weighted by molar-refractivity contribution is 5.45. The number of para-hydroxylation sites is 1. The van der Waals surface area contributed by atoms with Crippen molar-refractivity contribution in [2.24, 2.45) is 0 Å². The van der Waals surface area contributed by atoms with Crippen LogP contribution in [0.3, 0.4) is 0 Å². The molecule has 0 N–H and O–H groups in total. The van der Waals surface area contributed by atoms with Gasteiger partial charge < -0.3 is 18.9 Å². The van der Waals surface area contributed by atoms with E-state index in [1.54, 1.807) is 7.11 Å². The van der Waals surface area contributed by atoms with E-state index >= 15 is 0 Å². The van der Waals surface area contributed by atoms with Gasteiger partial charge in [0.15, 0.2) is 11.5 Å². The van der Waals surface area contributed by atoms with Crippen molar-refractivity contribution >= 4 is 0 Å².